The van der Waals surface area contributed by atoms with Gasteiger partial charge in [0, 0.05) is 12.0 Å². The molecule has 0 unspecified atom stereocenters. The molecule has 0 saturated heterocycles. The van der Waals surface area contributed by atoms with E-state index in [2.05, 4.69) is 21.6 Å². The highest BCUT2D eigenvalue weighted by atomic mass is 31.2. The van der Waals surface area contributed by atoms with E-state index in [1.165, 1.54) is 12.1 Å². The number of alkyl halides is 3. The molecule has 1 aromatic heterocycles. The molecule has 1 atom stereocenters. The van der Waals surface area contributed by atoms with Crippen molar-refractivity contribution in [1.29, 1.82) is 5.26 Å². The van der Waals surface area contributed by atoms with Gasteiger partial charge in [0.05, 0.1) is 12.2 Å². The van der Waals surface area contributed by atoms with E-state index in [4.69, 9.17) is 9.15 Å². The summed E-state index contributed by atoms with van der Waals surface area (Å²) in [6.45, 7) is 4.48. The fraction of sp³-hybridized carbons (Fsp3) is 0.302. The van der Waals surface area contributed by atoms with Crippen molar-refractivity contribution in [3.63, 3.8) is 0 Å². The number of nitrogens with zero attached hydrogens (tertiary/aromatic N) is 3. The summed E-state index contributed by atoms with van der Waals surface area (Å²) in [5.41, 5.74) is -3.25. The number of ketones is 1. The van der Waals surface area contributed by atoms with E-state index < -0.39 is 41.5 Å². The Bertz CT molecular complexity index is 2060. The van der Waals surface area contributed by atoms with Crippen LogP contribution in [0.15, 0.2) is 120 Å². The molecule has 0 saturated carbocycles. The number of carbonyl (C=O) groups excluding carboxylic acids is 2. The maximum atomic E-state index is 16.0. The molecule has 0 spiro atoms. The fourth-order valence-electron chi connectivity index (χ4n) is 7.13. The van der Waals surface area contributed by atoms with Gasteiger partial charge in [0.15, 0.2) is 5.78 Å². The molecule has 4 aromatic carbocycles. The first-order valence-electron chi connectivity index (χ1n) is 18.2. The molecule has 5 aromatic rings. The molecule has 5 rings (SSSR count). The first kappa shape index (κ1) is 40.7. The topological polar surface area (TPSA) is 118 Å². The second-order valence-corrected chi connectivity index (χ2v) is 17.2. The third kappa shape index (κ3) is 8.45. The number of hydrogen-bond acceptors (Lipinski definition) is 7. The zero-order valence-electron chi connectivity index (χ0n) is 31.3. The maximum absolute atomic E-state index is 16.0. The van der Waals surface area contributed by atoms with Crippen LogP contribution < -0.4 is 21.2 Å². The van der Waals surface area contributed by atoms with E-state index in [1.54, 1.807) is 0 Å². The van der Waals surface area contributed by atoms with Crippen LogP contribution in [0.3, 0.4) is 0 Å². The van der Waals surface area contributed by atoms with Crippen LogP contribution in [0.4, 0.5) is 18.0 Å². The number of Topliss-reactive ketones (excluding diaryl/α,β-unsaturated/α-hetero) is 1. The molecule has 55 heavy (non-hydrogen) atoms. The standard InChI is InChI=1S/C43H44F3N4O4P/c1-5-27-41(3,4)42(48-40(52)53-29-6-2,28-26-37-49-50-39(54-37)31-22-24-32(25-23-31)43(44,45)46)38(51)36(30-47)55(33-16-10-7-11-17-33,34-18-12-8-13-19-34)35-20-14-9-15-21-35/h7-25H,5-6,26-29H2,1-4H3,(H,48,52)/t42-/m0/s1. The second-order valence-electron chi connectivity index (χ2n) is 13.8. The van der Waals surface area contributed by atoms with E-state index >= 15 is 4.79 Å². The molecule has 8 nitrogen and oxygen atoms in total. The van der Waals surface area contributed by atoms with Crippen LogP contribution in [0.25, 0.3) is 11.5 Å². The van der Waals surface area contributed by atoms with Crippen molar-refractivity contribution in [3.8, 4) is 17.5 Å². The number of aryl methyl sites for hydroxylation is 1. The minimum Gasteiger partial charge on any atom is -0.450 e. The van der Waals surface area contributed by atoms with Crippen LogP contribution in [-0.4, -0.2) is 39.5 Å². The van der Waals surface area contributed by atoms with Crippen LogP contribution >= 0.6 is 6.89 Å². The van der Waals surface area contributed by atoms with Crippen LogP contribution in [0.2, 0.25) is 0 Å². The van der Waals surface area contributed by atoms with E-state index in [-0.39, 0.29) is 42.1 Å². The van der Waals surface area contributed by atoms with E-state index in [9.17, 15) is 23.2 Å². The van der Waals surface area contributed by atoms with Crippen molar-refractivity contribution in [3.05, 3.63) is 127 Å². The van der Waals surface area contributed by atoms with Gasteiger partial charge in [-0.3, -0.25) is 4.79 Å². The van der Waals surface area contributed by atoms with Gasteiger partial charge in [-0.2, -0.15) is 18.4 Å². The normalized spacial score (nSPS) is 13.0. The minimum atomic E-state index is -4.51. The summed E-state index contributed by atoms with van der Waals surface area (Å²) in [5.74, 6) is -0.471. The van der Waals surface area contributed by atoms with Gasteiger partial charge >= 0.3 is 12.3 Å². The van der Waals surface area contributed by atoms with Crippen LogP contribution in [0.1, 0.15) is 64.8 Å². The Morgan fingerprint density at radius 3 is 1.76 bits per heavy atom. The van der Waals surface area contributed by atoms with Crippen molar-refractivity contribution >= 4 is 40.0 Å². The largest absolute Gasteiger partial charge is 0.450 e. The Balaban J connectivity index is 1.76. The monoisotopic (exact) mass is 768 g/mol. The number of rotatable bonds is 15. The lowest BCUT2D eigenvalue weighted by Gasteiger charge is -2.46. The van der Waals surface area contributed by atoms with Gasteiger partial charge in [0.1, 0.15) is 16.9 Å². The van der Waals surface area contributed by atoms with Gasteiger partial charge in [0.25, 0.3) is 0 Å². The highest BCUT2D eigenvalue weighted by Crippen LogP contribution is 2.49. The Kier molecular flexibility index (Phi) is 12.8. The zero-order chi connectivity index (χ0) is 39.7. The Labute approximate surface area is 319 Å². The third-order valence-electron chi connectivity index (χ3n) is 9.90. The average Bonchev–Trinajstić information content (AvgIpc) is 3.67. The fourth-order valence-corrected chi connectivity index (χ4v) is 11.3. The average molecular weight is 769 g/mol. The third-order valence-corrected chi connectivity index (χ3v) is 14.1. The number of halogens is 3. The number of ether oxygens (including phenoxy) is 1. The van der Waals surface area contributed by atoms with Crippen LogP contribution in [0.5, 0.6) is 0 Å². The maximum Gasteiger partial charge on any atom is 0.416 e. The quantitative estimate of drug-likeness (QED) is 0.106. The number of nitriles is 1. The van der Waals surface area contributed by atoms with E-state index in [1.807, 2.05) is 119 Å². The number of carbonyl (C=O) groups is 2. The molecule has 0 fully saturated rings. The predicted octanol–water partition coefficient (Wildman–Crippen LogP) is 8.65. The summed E-state index contributed by atoms with van der Waals surface area (Å²) in [7, 11) is 0. The molecule has 286 valence electrons. The molecular formula is C43H44F3N4O4P. The zero-order valence-corrected chi connectivity index (χ0v) is 32.2. The summed E-state index contributed by atoms with van der Waals surface area (Å²) >= 11 is 0. The highest BCUT2D eigenvalue weighted by molar-refractivity contribution is 7.97. The Morgan fingerprint density at radius 1 is 0.782 bits per heavy atom. The lowest BCUT2D eigenvalue weighted by atomic mass is 9.64. The predicted molar refractivity (Wildman–Crippen MR) is 210 cm³/mol. The van der Waals surface area contributed by atoms with Crippen molar-refractivity contribution in [1.82, 2.24) is 15.5 Å². The molecule has 0 aliphatic heterocycles. The lowest BCUT2D eigenvalue weighted by Crippen LogP contribution is -2.65. The number of nitrogens with one attached hydrogen (secondary N) is 1. The summed E-state index contributed by atoms with van der Waals surface area (Å²) in [4.78, 5) is 29.7. The first-order chi connectivity index (χ1) is 26.3. The summed E-state index contributed by atoms with van der Waals surface area (Å²) in [6, 6.07) is 35.3. The van der Waals surface area contributed by atoms with Crippen LogP contribution in [-0.2, 0) is 22.1 Å². The van der Waals surface area contributed by atoms with Gasteiger partial charge in [-0.15, -0.1) is 10.2 Å². The van der Waals surface area contributed by atoms with Gasteiger partial charge in [-0.05, 0) is 71.7 Å². The van der Waals surface area contributed by atoms with Crippen molar-refractivity contribution < 1.29 is 31.9 Å². The first-order valence-corrected chi connectivity index (χ1v) is 20.0. The molecule has 12 heteroatoms. The highest BCUT2D eigenvalue weighted by Gasteiger charge is 2.54. The molecule has 0 aliphatic carbocycles. The number of alkyl carbamates (subject to hydrolysis) is 1. The summed E-state index contributed by atoms with van der Waals surface area (Å²) < 4.78 is 51.2. The molecule has 0 bridgehead atoms. The molecule has 0 radical (unpaired) electrons. The lowest BCUT2D eigenvalue weighted by molar-refractivity contribution is -0.137. The molecular weight excluding hydrogens is 724 g/mol. The van der Waals surface area contributed by atoms with E-state index in [0.717, 1.165) is 28.0 Å². The summed E-state index contributed by atoms with van der Waals surface area (Å²) in [5, 5.41) is 25.0. The smallest absolute Gasteiger partial charge is 0.416 e. The van der Waals surface area contributed by atoms with Gasteiger partial charge < -0.3 is 14.5 Å². The van der Waals surface area contributed by atoms with Crippen LogP contribution in [0, 0.1) is 16.7 Å². The Morgan fingerprint density at radius 2 is 1.31 bits per heavy atom. The number of benzene rings is 4. The van der Waals surface area contributed by atoms with Gasteiger partial charge in [-0.1, -0.05) is 125 Å². The molecule has 1 heterocycles. The minimum absolute atomic E-state index is 0.00441. The second kappa shape index (κ2) is 17.3. The van der Waals surface area contributed by atoms with Gasteiger partial charge in [-0.25, -0.2) is 4.79 Å². The van der Waals surface area contributed by atoms with E-state index in [0.29, 0.717) is 19.3 Å². The van der Waals surface area contributed by atoms with Crippen molar-refractivity contribution in [2.45, 2.75) is 71.5 Å². The molecule has 1 amide bonds. The number of aromatic nitrogens is 2. The molecule has 0 aliphatic rings. The number of hydrogen-bond donors (Lipinski definition) is 1. The SMILES string of the molecule is CCCOC(=O)N[C@@](CCc1nnc(-c2ccc(C(F)(F)F)cc2)o1)(C(=O)C(C#N)=P(c1ccccc1)(c1ccccc1)c1ccccc1)C(C)(C)CCC. The van der Waals surface area contributed by atoms with Crippen molar-refractivity contribution in [2.75, 3.05) is 6.61 Å². The Hall–Kier alpha value is -5.46. The van der Waals surface area contributed by atoms with Crippen molar-refractivity contribution in [2.24, 2.45) is 5.41 Å². The molecule has 1 N–H and O–H groups in total. The summed E-state index contributed by atoms with van der Waals surface area (Å²) in [6.07, 6.45) is -3.75. The van der Waals surface area contributed by atoms with Gasteiger partial charge in [0.2, 0.25) is 11.8 Å². The number of amides is 1.